The average molecular weight is 555 g/mol. The molecule has 0 bridgehead atoms. The lowest BCUT2D eigenvalue weighted by Crippen LogP contribution is -2.62. The number of thioether (sulfide) groups is 1. The molecule has 206 valence electrons. The van der Waals surface area contributed by atoms with Crippen LogP contribution in [0.4, 0.5) is 0 Å². The summed E-state index contributed by atoms with van der Waals surface area (Å²) in [6, 6.07) is 40.9. The van der Waals surface area contributed by atoms with Gasteiger partial charge in [0.25, 0.3) is 0 Å². The van der Waals surface area contributed by atoms with E-state index in [4.69, 9.17) is 23.7 Å². The average Bonchev–Trinajstić information content (AvgIpc) is 3.02. The Morgan fingerprint density at radius 1 is 0.650 bits per heavy atom. The summed E-state index contributed by atoms with van der Waals surface area (Å²) in [5, 5.41) is 0. The summed E-state index contributed by atoms with van der Waals surface area (Å²) in [6.45, 7) is 1.80. The summed E-state index contributed by atoms with van der Waals surface area (Å²) in [6.07, 6.45) is -1.48. The lowest BCUT2D eigenvalue weighted by Gasteiger charge is -2.49. The van der Waals surface area contributed by atoms with E-state index < -0.39 is 0 Å². The summed E-state index contributed by atoms with van der Waals surface area (Å²) in [5.74, 6) is 0. The summed E-state index contributed by atoms with van der Waals surface area (Å²) in [4.78, 5) is 1.12. The monoisotopic (exact) mass is 554 g/mol. The lowest BCUT2D eigenvalue weighted by molar-refractivity contribution is -0.293. The molecule has 0 aliphatic carbocycles. The van der Waals surface area contributed by atoms with Crippen molar-refractivity contribution >= 4 is 11.8 Å². The van der Waals surface area contributed by atoms with Crippen LogP contribution >= 0.6 is 11.8 Å². The highest BCUT2D eigenvalue weighted by Gasteiger charge is 2.51. The number of rotatable bonds is 10. The van der Waals surface area contributed by atoms with Crippen molar-refractivity contribution < 1.29 is 23.7 Å². The van der Waals surface area contributed by atoms with E-state index in [1.807, 2.05) is 72.8 Å². The minimum atomic E-state index is -0.356. The lowest BCUT2D eigenvalue weighted by atomic mass is 9.97. The molecule has 0 saturated carbocycles. The van der Waals surface area contributed by atoms with Gasteiger partial charge in [0, 0.05) is 4.90 Å². The molecule has 0 N–H and O–H groups in total. The van der Waals surface area contributed by atoms with E-state index in [1.54, 1.807) is 11.8 Å². The second-order valence-corrected chi connectivity index (χ2v) is 11.2. The van der Waals surface area contributed by atoms with Crippen LogP contribution in [0.15, 0.2) is 126 Å². The Bertz CT molecular complexity index is 1290. The van der Waals surface area contributed by atoms with E-state index in [2.05, 4.69) is 48.5 Å². The fourth-order valence-electron chi connectivity index (χ4n) is 5.18. The normalized spacial score (nSPS) is 26.2. The predicted molar refractivity (Wildman–Crippen MR) is 156 cm³/mol. The van der Waals surface area contributed by atoms with Crippen molar-refractivity contribution in [2.45, 2.75) is 54.1 Å². The third-order valence-corrected chi connectivity index (χ3v) is 8.35. The van der Waals surface area contributed by atoms with E-state index >= 15 is 0 Å². The smallest absolute Gasteiger partial charge is 0.137 e. The first-order chi connectivity index (χ1) is 19.8. The molecular weight excluding hydrogens is 520 g/mol. The van der Waals surface area contributed by atoms with Crippen molar-refractivity contribution in [3.63, 3.8) is 0 Å². The van der Waals surface area contributed by atoms with E-state index in [0.717, 1.165) is 21.6 Å². The van der Waals surface area contributed by atoms with Crippen LogP contribution in [0.25, 0.3) is 0 Å². The molecule has 2 saturated heterocycles. The first kappa shape index (κ1) is 27.2. The van der Waals surface area contributed by atoms with Crippen LogP contribution in [0.5, 0.6) is 0 Å². The van der Waals surface area contributed by atoms with Crippen LogP contribution in [-0.2, 0) is 36.9 Å². The maximum atomic E-state index is 6.79. The fourth-order valence-corrected chi connectivity index (χ4v) is 6.31. The Kier molecular flexibility index (Phi) is 9.25. The van der Waals surface area contributed by atoms with Gasteiger partial charge in [-0.05, 0) is 28.8 Å². The van der Waals surface area contributed by atoms with Crippen molar-refractivity contribution in [1.82, 2.24) is 0 Å². The van der Waals surface area contributed by atoms with Crippen LogP contribution < -0.4 is 0 Å². The van der Waals surface area contributed by atoms with Gasteiger partial charge in [-0.3, -0.25) is 0 Å². The van der Waals surface area contributed by atoms with Gasteiger partial charge < -0.3 is 23.7 Å². The van der Waals surface area contributed by atoms with Gasteiger partial charge in [-0.25, -0.2) is 0 Å². The Labute approximate surface area is 240 Å². The first-order valence-corrected chi connectivity index (χ1v) is 14.7. The van der Waals surface area contributed by atoms with Crippen molar-refractivity contribution in [3.05, 3.63) is 138 Å². The summed E-state index contributed by atoms with van der Waals surface area (Å²) >= 11 is 1.66. The number of ether oxygens (including phenoxy) is 5. The van der Waals surface area contributed by atoms with Crippen LogP contribution in [0.3, 0.4) is 0 Å². The first-order valence-electron chi connectivity index (χ1n) is 13.8. The van der Waals surface area contributed by atoms with E-state index in [-0.39, 0.29) is 36.0 Å². The fraction of sp³-hybridized carbons (Fsp3) is 0.294. The Morgan fingerprint density at radius 3 is 1.93 bits per heavy atom. The van der Waals surface area contributed by atoms with Crippen LogP contribution in [0.2, 0.25) is 0 Å². The van der Waals surface area contributed by atoms with Crippen molar-refractivity contribution in [2.24, 2.45) is 0 Å². The predicted octanol–water partition coefficient (Wildman–Crippen LogP) is 6.83. The molecule has 2 heterocycles. The highest BCUT2D eigenvalue weighted by molar-refractivity contribution is 7.99. The van der Waals surface area contributed by atoms with Crippen LogP contribution in [0, 0.1) is 0 Å². The quantitative estimate of drug-likeness (QED) is 0.214. The molecule has 0 amide bonds. The van der Waals surface area contributed by atoms with E-state index in [9.17, 15) is 0 Å². The standard InChI is InChI=1S/C34H34O5S/c1-5-13-25(14-6-1)21-35-23-30-31(36-22-26-15-7-2-8-16-26)32-33(34(39-30)40-28-19-11-4-12-20-28)38-29(24-37-32)27-17-9-3-10-18-27/h1-20,29-34H,21-24H2/t29-,30+,31+,32-,33-,34+/m0/s1. The highest BCUT2D eigenvalue weighted by atomic mass is 32.2. The minimum absolute atomic E-state index is 0.175. The van der Waals surface area contributed by atoms with Crippen molar-refractivity contribution in [1.29, 1.82) is 0 Å². The molecule has 6 rings (SSSR count). The largest absolute Gasteiger partial charge is 0.374 e. The highest BCUT2D eigenvalue weighted by Crippen LogP contribution is 2.42. The second-order valence-electron chi connectivity index (χ2n) is 10.0. The van der Waals surface area contributed by atoms with Crippen LogP contribution in [0.1, 0.15) is 22.8 Å². The molecular formula is C34H34O5S. The molecule has 0 unspecified atom stereocenters. The van der Waals surface area contributed by atoms with Crippen molar-refractivity contribution in [2.75, 3.05) is 13.2 Å². The van der Waals surface area contributed by atoms with Gasteiger partial charge in [-0.2, -0.15) is 0 Å². The number of fused-ring (bicyclic) bond motifs is 1. The van der Waals surface area contributed by atoms with Gasteiger partial charge in [0.15, 0.2) is 0 Å². The Hall–Kier alpha value is -2.97. The molecule has 40 heavy (non-hydrogen) atoms. The zero-order valence-electron chi connectivity index (χ0n) is 22.3. The summed E-state index contributed by atoms with van der Waals surface area (Å²) < 4.78 is 33.0. The molecule has 0 radical (unpaired) electrons. The summed E-state index contributed by atoms with van der Waals surface area (Å²) in [7, 11) is 0. The van der Waals surface area contributed by atoms with E-state index in [1.165, 1.54) is 0 Å². The molecule has 2 aliphatic heterocycles. The zero-order valence-corrected chi connectivity index (χ0v) is 23.1. The maximum absolute atomic E-state index is 6.79. The van der Waals surface area contributed by atoms with Gasteiger partial charge >= 0.3 is 0 Å². The second kappa shape index (κ2) is 13.6. The van der Waals surface area contributed by atoms with Gasteiger partial charge in [-0.15, -0.1) is 0 Å². The van der Waals surface area contributed by atoms with Gasteiger partial charge in [-0.1, -0.05) is 121 Å². The molecule has 6 heteroatoms. The summed E-state index contributed by atoms with van der Waals surface area (Å²) in [5.41, 5.74) is 3.03. The molecule has 4 aromatic rings. The molecule has 2 aliphatic rings. The number of benzene rings is 4. The molecule has 0 aromatic heterocycles. The molecule has 2 fully saturated rings. The molecule has 6 atom stereocenters. The van der Waals surface area contributed by atoms with Gasteiger partial charge in [0.2, 0.25) is 0 Å². The third kappa shape index (κ3) is 6.84. The third-order valence-electron chi connectivity index (χ3n) is 7.20. The molecule has 4 aromatic carbocycles. The molecule has 0 spiro atoms. The zero-order chi connectivity index (χ0) is 27.0. The van der Waals surface area contributed by atoms with Crippen LogP contribution in [-0.4, -0.2) is 43.1 Å². The number of hydrogen-bond acceptors (Lipinski definition) is 6. The van der Waals surface area contributed by atoms with Gasteiger partial charge in [0.1, 0.15) is 36.0 Å². The SMILES string of the molecule is c1ccc(COC[C@H]2O[C@H](Sc3ccccc3)[C@H]3O[C@H](c4ccccc4)CO[C@H]3[C@@H]2OCc2ccccc2)cc1. The Balaban J connectivity index is 1.25. The molecule has 5 nitrogen and oxygen atoms in total. The van der Waals surface area contributed by atoms with Gasteiger partial charge in [0.05, 0.1) is 26.4 Å². The Morgan fingerprint density at radius 2 is 1.25 bits per heavy atom. The minimum Gasteiger partial charge on any atom is -0.374 e. The van der Waals surface area contributed by atoms with Crippen molar-refractivity contribution in [3.8, 4) is 0 Å². The maximum Gasteiger partial charge on any atom is 0.137 e. The number of hydrogen-bond donors (Lipinski definition) is 0. The van der Waals surface area contributed by atoms with E-state index in [0.29, 0.717) is 26.4 Å². The topological polar surface area (TPSA) is 46.2 Å².